The minimum atomic E-state index is -0.355. The maximum absolute atomic E-state index is 12.2. The number of rotatable bonds is 9. The molecule has 26 heavy (non-hydrogen) atoms. The Hall–Kier alpha value is -3.09. The second-order valence-electron chi connectivity index (χ2n) is 5.32. The number of para-hydroxylation sites is 1. The maximum atomic E-state index is 12.2. The molecule has 0 spiro atoms. The fourth-order valence-electron chi connectivity index (χ4n) is 2.24. The number of carbonyl (C=O) groups is 2. The number of benzene rings is 1. The van der Waals surface area contributed by atoms with E-state index in [0.717, 1.165) is 5.56 Å². The van der Waals surface area contributed by atoms with Gasteiger partial charge in [-0.2, -0.15) is 0 Å². The van der Waals surface area contributed by atoms with Crippen molar-refractivity contribution in [2.75, 3.05) is 19.8 Å². The predicted molar refractivity (Wildman–Crippen MR) is 97.2 cm³/mol. The SMILES string of the molecule is CCOc1cc(CNC(=O)CNC(=O)c2ccccc2OCC)ccn1. The highest BCUT2D eigenvalue weighted by Crippen LogP contribution is 2.17. The molecule has 138 valence electrons. The number of nitrogens with zero attached hydrogens (tertiary/aromatic N) is 1. The van der Waals surface area contributed by atoms with Gasteiger partial charge >= 0.3 is 0 Å². The molecular formula is C19H23N3O4. The number of hydrogen-bond acceptors (Lipinski definition) is 5. The van der Waals surface area contributed by atoms with Crippen molar-refractivity contribution in [3.63, 3.8) is 0 Å². The fourth-order valence-corrected chi connectivity index (χ4v) is 2.24. The molecule has 0 saturated carbocycles. The van der Waals surface area contributed by atoms with Crippen molar-refractivity contribution in [2.24, 2.45) is 0 Å². The smallest absolute Gasteiger partial charge is 0.255 e. The monoisotopic (exact) mass is 357 g/mol. The van der Waals surface area contributed by atoms with Gasteiger partial charge in [-0.3, -0.25) is 9.59 Å². The lowest BCUT2D eigenvalue weighted by Gasteiger charge is -2.11. The molecule has 1 aromatic carbocycles. The Bertz CT molecular complexity index is 749. The van der Waals surface area contributed by atoms with E-state index in [9.17, 15) is 9.59 Å². The molecule has 2 aromatic rings. The van der Waals surface area contributed by atoms with Crippen LogP contribution in [0.2, 0.25) is 0 Å². The van der Waals surface area contributed by atoms with Crippen LogP contribution in [0.15, 0.2) is 42.6 Å². The number of aromatic nitrogens is 1. The van der Waals surface area contributed by atoms with Gasteiger partial charge in [-0.15, -0.1) is 0 Å². The van der Waals surface area contributed by atoms with E-state index in [0.29, 0.717) is 37.0 Å². The molecule has 2 N–H and O–H groups in total. The summed E-state index contributed by atoms with van der Waals surface area (Å²) in [5.74, 6) is 0.363. The lowest BCUT2D eigenvalue weighted by atomic mass is 10.2. The summed E-state index contributed by atoms with van der Waals surface area (Å²) >= 11 is 0. The Labute approximate surface area is 152 Å². The summed E-state index contributed by atoms with van der Waals surface area (Å²) < 4.78 is 10.7. The Morgan fingerprint density at radius 3 is 2.58 bits per heavy atom. The van der Waals surface area contributed by atoms with Gasteiger partial charge in [-0.25, -0.2) is 4.98 Å². The van der Waals surface area contributed by atoms with Gasteiger partial charge in [0, 0.05) is 18.8 Å². The summed E-state index contributed by atoms with van der Waals surface area (Å²) in [6.45, 7) is 4.91. The molecule has 2 rings (SSSR count). The van der Waals surface area contributed by atoms with Gasteiger partial charge in [0.25, 0.3) is 5.91 Å². The number of carbonyl (C=O) groups excluding carboxylic acids is 2. The highest BCUT2D eigenvalue weighted by molar-refractivity contribution is 5.98. The molecule has 2 amide bonds. The van der Waals surface area contributed by atoms with E-state index in [1.54, 1.807) is 42.6 Å². The van der Waals surface area contributed by atoms with Crippen molar-refractivity contribution >= 4 is 11.8 Å². The number of hydrogen-bond donors (Lipinski definition) is 2. The topological polar surface area (TPSA) is 89.6 Å². The van der Waals surface area contributed by atoms with Crippen LogP contribution in [0.3, 0.4) is 0 Å². The van der Waals surface area contributed by atoms with Crippen LogP contribution >= 0.6 is 0 Å². The first-order chi connectivity index (χ1) is 12.6. The highest BCUT2D eigenvalue weighted by atomic mass is 16.5. The molecule has 1 heterocycles. The molecule has 0 radical (unpaired) electrons. The molecule has 1 aromatic heterocycles. The number of ether oxygens (including phenoxy) is 2. The molecular weight excluding hydrogens is 334 g/mol. The first kappa shape index (κ1) is 19.2. The van der Waals surface area contributed by atoms with E-state index in [-0.39, 0.29) is 18.4 Å². The van der Waals surface area contributed by atoms with Crippen LogP contribution in [0, 0.1) is 0 Å². The van der Waals surface area contributed by atoms with Crippen LogP contribution in [0.25, 0.3) is 0 Å². The summed E-state index contributed by atoms with van der Waals surface area (Å²) in [5, 5.41) is 5.34. The molecule has 0 aliphatic carbocycles. The van der Waals surface area contributed by atoms with Crippen molar-refractivity contribution in [3.8, 4) is 11.6 Å². The van der Waals surface area contributed by atoms with Crippen molar-refractivity contribution < 1.29 is 19.1 Å². The lowest BCUT2D eigenvalue weighted by molar-refractivity contribution is -0.120. The minimum Gasteiger partial charge on any atom is -0.493 e. The van der Waals surface area contributed by atoms with Gasteiger partial charge in [-0.05, 0) is 37.6 Å². The fraction of sp³-hybridized carbons (Fsp3) is 0.316. The van der Waals surface area contributed by atoms with E-state index in [2.05, 4.69) is 15.6 Å². The summed E-state index contributed by atoms with van der Waals surface area (Å²) in [7, 11) is 0. The van der Waals surface area contributed by atoms with Crippen LogP contribution < -0.4 is 20.1 Å². The number of amides is 2. The van der Waals surface area contributed by atoms with Gasteiger partial charge in [0.1, 0.15) is 5.75 Å². The van der Waals surface area contributed by atoms with Crippen LogP contribution in [0.5, 0.6) is 11.6 Å². The third kappa shape index (κ3) is 5.77. The van der Waals surface area contributed by atoms with Gasteiger partial charge in [-0.1, -0.05) is 12.1 Å². The predicted octanol–water partition coefficient (Wildman–Crippen LogP) is 1.93. The molecule has 0 bridgehead atoms. The second-order valence-corrected chi connectivity index (χ2v) is 5.32. The van der Waals surface area contributed by atoms with E-state index in [1.807, 2.05) is 13.8 Å². The van der Waals surface area contributed by atoms with Crippen molar-refractivity contribution in [2.45, 2.75) is 20.4 Å². The normalized spacial score (nSPS) is 10.1. The molecule has 0 fully saturated rings. The maximum Gasteiger partial charge on any atom is 0.255 e. The van der Waals surface area contributed by atoms with Crippen LogP contribution in [0.1, 0.15) is 29.8 Å². The molecule has 0 saturated heterocycles. The first-order valence-electron chi connectivity index (χ1n) is 8.48. The Kier molecular flexibility index (Phi) is 7.42. The molecule has 0 aliphatic rings. The van der Waals surface area contributed by atoms with E-state index in [4.69, 9.17) is 9.47 Å². The Morgan fingerprint density at radius 1 is 1.04 bits per heavy atom. The Balaban J connectivity index is 1.83. The van der Waals surface area contributed by atoms with Gasteiger partial charge in [0.15, 0.2) is 0 Å². The molecule has 0 unspecified atom stereocenters. The van der Waals surface area contributed by atoms with E-state index in [1.165, 1.54) is 0 Å². The second kappa shape index (κ2) is 10.0. The van der Waals surface area contributed by atoms with Crippen LogP contribution in [-0.4, -0.2) is 36.6 Å². The quantitative estimate of drug-likeness (QED) is 0.716. The standard InChI is InChI=1S/C19H23N3O4/c1-3-25-16-8-6-5-7-15(16)19(24)22-13-17(23)21-12-14-9-10-20-18(11-14)26-4-2/h5-11H,3-4,12-13H2,1-2H3,(H,21,23)(H,22,24). The number of pyridine rings is 1. The minimum absolute atomic E-state index is 0.122. The third-order valence-corrected chi connectivity index (χ3v) is 3.42. The lowest BCUT2D eigenvalue weighted by Crippen LogP contribution is -2.36. The molecule has 0 aliphatic heterocycles. The van der Waals surface area contributed by atoms with Crippen LogP contribution in [0.4, 0.5) is 0 Å². The summed E-state index contributed by atoms with van der Waals surface area (Å²) in [6.07, 6.45) is 1.62. The van der Waals surface area contributed by atoms with Gasteiger partial charge in [0.05, 0.1) is 25.3 Å². The average molecular weight is 357 g/mol. The zero-order chi connectivity index (χ0) is 18.8. The van der Waals surface area contributed by atoms with Crippen molar-refractivity contribution in [1.82, 2.24) is 15.6 Å². The zero-order valence-corrected chi connectivity index (χ0v) is 15.0. The molecule has 0 atom stereocenters. The summed E-state index contributed by atoms with van der Waals surface area (Å²) in [6, 6.07) is 10.5. The van der Waals surface area contributed by atoms with Crippen LogP contribution in [-0.2, 0) is 11.3 Å². The van der Waals surface area contributed by atoms with E-state index >= 15 is 0 Å². The van der Waals surface area contributed by atoms with E-state index < -0.39 is 0 Å². The highest BCUT2D eigenvalue weighted by Gasteiger charge is 2.13. The zero-order valence-electron chi connectivity index (χ0n) is 15.0. The summed E-state index contributed by atoms with van der Waals surface area (Å²) in [4.78, 5) is 28.3. The molecule has 7 nitrogen and oxygen atoms in total. The van der Waals surface area contributed by atoms with Gasteiger partial charge < -0.3 is 20.1 Å². The first-order valence-corrected chi connectivity index (χ1v) is 8.48. The van der Waals surface area contributed by atoms with Crippen molar-refractivity contribution in [1.29, 1.82) is 0 Å². The van der Waals surface area contributed by atoms with Gasteiger partial charge in [0.2, 0.25) is 11.8 Å². The third-order valence-electron chi connectivity index (χ3n) is 3.42. The molecule has 7 heteroatoms. The average Bonchev–Trinajstić information content (AvgIpc) is 2.66. The van der Waals surface area contributed by atoms with Crippen molar-refractivity contribution in [3.05, 3.63) is 53.7 Å². The summed E-state index contributed by atoms with van der Waals surface area (Å²) in [5.41, 5.74) is 1.27. The largest absolute Gasteiger partial charge is 0.493 e. The number of nitrogens with one attached hydrogen (secondary N) is 2. The Morgan fingerprint density at radius 2 is 1.81 bits per heavy atom.